The largest absolute Gasteiger partial charge is 0.395 e. The standard InChI is InChI=1S/C15H18N2O3/c16-14(19)9-5-10-17-15(20)13-8-2-1-6-12(13)7-3-4-11-18/h1-2,6,8,18H,4-5,9-11H2,(H2,16,19)(H,17,20). The first-order valence-corrected chi connectivity index (χ1v) is 6.40. The van der Waals surface area contributed by atoms with E-state index in [2.05, 4.69) is 17.2 Å². The number of nitrogens with one attached hydrogen (secondary N) is 1. The summed E-state index contributed by atoms with van der Waals surface area (Å²) in [7, 11) is 0. The Bertz CT molecular complexity index is 529. The van der Waals surface area contributed by atoms with Crippen LogP contribution in [0.1, 0.15) is 35.2 Å². The summed E-state index contributed by atoms with van der Waals surface area (Å²) >= 11 is 0. The third kappa shape index (κ3) is 5.55. The van der Waals surface area contributed by atoms with Gasteiger partial charge in [0.1, 0.15) is 0 Å². The van der Waals surface area contributed by atoms with E-state index in [1.807, 2.05) is 0 Å². The highest BCUT2D eigenvalue weighted by Gasteiger charge is 2.08. The first kappa shape index (κ1) is 15.7. The second-order valence-electron chi connectivity index (χ2n) is 4.15. The third-order valence-corrected chi connectivity index (χ3v) is 2.52. The lowest BCUT2D eigenvalue weighted by atomic mass is 10.1. The van der Waals surface area contributed by atoms with Gasteiger partial charge in [-0.1, -0.05) is 24.0 Å². The molecule has 2 amide bonds. The van der Waals surface area contributed by atoms with E-state index in [1.165, 1.54) is 0 Å². The zero-order valence-corrected chi connectivity index (χ0v) is 11.2. The molecular formula is C15H18N2O3. The SMILES string of the molecule is NC(=O)CCCNC(=O)c1ccccc1C#CCCO. The van der Waals surface area contributed by atoms with Crippen molar-refractivity contribution in [1.82, 2.24) is 5.32 Å². The van der Waals surface area contributed by atoms with Crippen molar-refractivity contribution in [3.8, 4) is 11.8 Å². The van der Waals surface area contributed by atoms with Gasteiger partial charge < -0.3 is 16.2 Å². The molecule has 1 rings (SSSR count). The summed E-state index contributed by atoms with van der Waals surface area (Å²) < 4.78 is 0. The van der Waals surface area contributed by atoms with Crippen LogP contribution in [0.5, 0.6) is 0 Å². The van der Waals surface area contributed by atoms with Crippen molar-refractivity contribution in [3.63, 3.8) is 0 Å². The Balaban J connectivity index is 2.64. The molecule has 0 aliphatic rings. The van der Waals surface area contributed by atoms with Gasteiger partial charge >= 0.3 is 0 Å². The van der Waals surface area contributed by atoms with Crippen molar-refractivity contribution in [2.45, 2.75) is 19.3 Å². The van der Waals surface area contributed by atoms with Gasteiger partial charge in [-0.05, 0) is 18.6 Å². The number of nitrogens with two attached hydrogens (primary N) is 1. The zero-order chi connectivity index (χ0) is 14.8. The number of carbonyl (C=O) groups is 2. The van der Waals surface area contributed by atoms with Crippen LogP contribution in [0.25, 0.3) is 0 Å². The third-order valence-electron chi connectivity index (χ3n) is 2.52. The van der Waals surface area contributed by atoms with E-state index < -0.39 is 0 Å². The molecule has 1 aromatic carbocycles. The van der Waals surface area contributed by atoms with Crippen LogP contribution >= 0.6 is 0 Å². The van der Waals surface area contributed by atoms with E-state index >= 15 is 0 Å². The van der Waals surface area contributed by atoms with Crippen LogP contribution in [0.4, 0.5) is 0 Å². The summed E-state index contributed by atoms with van der Waals surface area (Å²) in [5.74, 6) is 5.03. The Morgan fingerprint density at radius 2 is 2.05 bits per heavy atom. The first-order valence-electron chi connectivity index (χ1n) is 6.40. The van der Waals surface area contributed by atoms with Gasteiger partial charge in [0.25, 0.3) is 5.91 Å². The minimum absolute atomic E-state index is 0.00548. The second-order valence-corrected chi connectivity index (χ2v) is 4.15. The number of rotatable bonds is 6. The van der Waals surface area contributed by atoms with E-state index in [-0.39, 0.29) is 24.8 Å². The fourth-order valence-electron chi connectivity index (χ4n) is 1.56. The summed E-state index contributed by atoms with van der Waals surface area (Å²) in [5, 5.41) is 11.4. The highest BCUT2D eigenvalue weighted by atomic mass is 16.2. The summed E-state index contributed by atoms with van der Waals surface area (Å²) in [6.45, 7) is 0.384. The lowest BCUT2D eigenvalue weighted by molar-refractivity contribution is -0.118. The van der Waals surface area contributed by atoms with E-state index in [9.17, 15) is 9.59 Å². The van der Waals surface area contributed by atoms with Gasteiger partial charge in [-0.15, -0.1) is 0 Å². The number of aliphatic hydroxyl groups is 1. The van der Waals surface area contributed by atoms with Crippen molar-refractivity contribution in [2.24, 2.45) is 5.73 Å². The van der Waals surface area contributed by atoms with Gasteiger partial charge in [-0.3, -0.25) is 9.59 Å². The van der Waals surface area contributed by atoms with E-state index in [1.54, 1.807) is 24.3 Å². The average molecular weight is 274 g/mol. The Kier molecular flexibility index (Phi) is 6.87. The molecule has 1 aromatic rings. The number of benzene rings is 1. The molecule has 106 valence electrons. The van der Waals surface area contributed by atoms with Crippen molar-refractivity contribution in [2.75, 3.05) is 13.2 Å². The van der Waals surface area contributed by atoms with Crippen LogP contribution in [0.2, 0.25) is 0 Å². The van der Waals surface area contributed by atoms with Crippen molar-refractivity contribution >= 4 is 11.8 Å². The van der Waals surface area contributed by atoms with E-state index in [4.69, 9.17) is 10.8 Å². The predicted octanol–water partition coefficient (Wildman–Crippen LogP) is 0.416. The van der Waals surface area contributed by atoms with Crippen molar-refractivity contribution in [1.29, 1.82) is 0 Å². The molecule has 0 aromatic heterocycles. The van der Waals surface area contributed by atoms with Crippen LogP contribution in [0.15, 0.2) is 24.3 Å². The number of aliphatic hydroxyl groups excluding tert-OH is 1. The molecule has 0 radical (unpaired) electrons. The van der Waals surface area contributed by atoms with Crippen molar-refractivity contribution in [3.05, 3.63) is 35.4 Å². The minimum Gasteiger partial charge on any atom is -0.395 e. The molecule has 5 nitrogen and oxygen atoms in total. The average Bonchev–Trinajstić information content (AvgIpc) is 2.44. The minimum atomic E-state index is -0.380. The summed E-state index contributed by atoms with van der Waals surface area (Å²) in [4.78, 5) is 22.6. The van der Waals surface area contributed by atoms with Crippen LogP contribution in [0.3, 0.4) is 0 Å². The molecule has 0 saturated heterocycles. The second kappa shape index (κ2) is 8.73. The number of hydrogen-bond acceptors (Lipinski definition) is 3. The Labute approximate surface area is 118 Å². The van der Waals surface area contributed by atoms with Crippen LogP contribution < -0.4 is 11.1 Å². The molecule has 0 fully saturated rings. The molecule has 0 unspecified atom stereocenters. The Morgan fingerprint density at radius 3 is 2.75 bits per heavy atom. The molecule has 0 bridgehead atoms. The van der Waals surface area contributed by atoms with Crippen LogP contribution in [-0.4, -0.2) is 30.1 Å². The topological polar surface area (TPSA) is 92.4 Å². The number of carbonyl (C=O) groups excluding carboxylic acids is 2. The molecule has 4 N–H and O–H groups in total. The fraction of sp³-hybridized carbons (Fsp3) is 0.333. The molecule has 5 heteroatoms. The monoisotopic (exact) mass is 274 g/mol. The molecule has 0 aliphatic carbocycles. The smallest absolute Gasteiger partial charge is 0.252 e. The molecular weight excluding hydrogens is 256 g/mol. The lowest BCUT2D eigenvalue weighted by Gasteiger charge is -2.06. The number of amides is 2. The van der Waals surface area contributed by atoms with Gasteiger partial charge in [0.05, 0.1) is 12.2 Å². The van der Waals surface area contributed by atoms with E-state index in [0.717, 1.165) is 0 Å². The zero-order valence-electron chi connectivity index (χ0n) is 11.2. The fourth-order valence-corrected chi connectivity index (χ4v) is 1.56. The van der Waals surface area contributed by atoms with E-state index in [0.29, 0.717) is 30.5 Å². The maximum atomic E-state index is 12.0. The van der Waals surface area contributed by atoms with Gasteiger partial charge in [0, 0.05) is 24.9 Å². The molecule has 0 atom stereocenters. The predicted molar refractivity (Wildman–Crippen MR) is 75.8 cm³/mol. The van der Waals surface area contributed by atoms with Crippen molar-refractivity contribution < 1.29 is 14.7 Å². The summed E-state index contributed by atoms with van der Waals surface area (Å²) in [6.07, 6.45) is 1.13. The summed E-state index contributed by atoms with van der Waals surface area (Å²) in [6, 6.07) is 7.00. The van der Waals surface area contributed by atoms with Crippen LogP contribution in [0, 0.1) is 11.8 Å². The van der Waals surface area contributed by atoms with Gasteiger partial charge in [0.15, 0.2) is 0 Å². The lowest BCUT2D eigenvalue weighted by Crippen LogP contribution is -2.26. The molecule has 0 heterocycles. The maximum absolute atomic E-state index is 12.0. The van der Waals surface area contributed by atoms with Gasteiger partial charge in [-0.25, -0.2) is 0 Å². The molecule has 0 aliphatic heterocycles. The first-order chi connectivity index (χ1) is 9.65. The molecule has 0 saturated carbocycles. The maximum Gasteiger partial charge on any atom is 0.252 e. The molecule has 20 heavy (non-hydrogen) atoms. The normalized spacial score (nSPS) is 9.45. The summed E-state index contributed by atoms with van der Waals surface area (Å²) in [5.41, 5.74) is 6.12. The Morgan fingerprint density at radius 1 is 1.30 bits per heavy atom. The van der Waals surface area contributed by atoms with Gasteiger partial charge in [0.2, 0.25) is 5.91 Å². The highest BCUT2D eigenvalue weighted by molar-refractivity contribution is 5.96. The molecule has 0 spiro atoms. The Hall–Kier alpha value is -2.32. The number of primary amides is 1. The van der Waals surface area contributed by atoms with Crippen LogP contribution in [-0.2, 0) is 4.79 Å². The van der Waals surface area contributed by atoms with Gasteiger partial charge in [-0.2, -0.15) is 0 Å². The highest BCUT2D eigenvalue weighted by Crippen LogP contribution is 2.07. The number of hydrogen-bond donors (Lipinski definition) is 3. The quantitative estimate of drug-likeness (QED) is 0.518.